The normalized spacial score (nSPS) is 10.9. The number of anilines is 1. The average Bonchev–Trinajstić information content (AvgIpc) is 2.19. The number of alkyl halides is 3. The Morgan fingerprint density at radius 3 is 2.56 bits per heavy atom. The first-order valence-electron chi connectivity index (χ1n) is 4.02. The van der Waals surface area contributed by atoms with E-state index in [1.54, 1.807) is 6.07 Å². The first kappa shape index (κ1) is 12.1. The van der Waals surface area contributed by atoms with Crippen molar-refractivity contribution in [2.45, 2.75) is 12.9 Å². The third kappa shape index (κ3) is 2.74. The summed E-state index contributed by atoms with van der Waals surface area (Å²) in [7, 11) is 0. The predicted molar refractivity (Wildman–Crippen MR) is 47.9 cm³/mol. The van der Waals surface area contributed by atoms with Gasteiger partial charge >= 0.3 is 6.36 Å². The van der Waals surface area contributed by atoms with Crippen LogP contribution in [0.15, 0.2) is 6.07 Å². The van der Waals surface area contributed by atoms with Crippen LogP contribution in [0.2, 0.25) is 0 Å². The molecule has 0 bridgehead atoms. The number of nitrogen functional groups attached to an aromatic ring is 1. The first-order valence-corrected chi connectivity index (χ1v) is 4.02. The van der Waals surface area contributed by atoms with Crippen molar-refractivity contribution in [1.82, 2.24) is 4.98 Å². The monoisotopic (exact) mass is 232 g/mol. The van der Waals surface area contributed by atoms with Crippen molar-refractivity contribution in [1.29, 1.82) is 5.26 Å². The van der Waals surface area contributed by atoms with Crippen molar-refractivity contribution < 1.29 is 17.9 Å². The molecule has 0 aromatic carbocycles. The Morgan fingerprint density at radius 1 is 1.50 bits per heavy atom. The molecular weight excluding hydrogens is 225 g/mol. The van der Waals surface area contributed by atoms with Crippen molar-refractivity contribution in [2.24, 2.45) is 5.73 Å². The largest absolute Gasteiger partial charge is 0.574 e. The van der Waals surface area contributed by atoms with Crippen LogP contribution in [0.4, 0.5) is 18.9 Å². The fraction of sp³-hybridized carbons (Fsp3) is 0.250. The molecular formula is C8H7F3N4O. The van der Waals surface area contributed by atoms with Gasteiger partial charge in [0.1, 0.15) is 11.8 Å². The van der Waals surface area contributed by atoms with Gasteiger partial charge in [-0.15, -0.1) is 13.2 Å². The van der Waals surface area contributed by atoms with E-state index in [0.717, 1.165) is 0 Å². The summed E-state index contributed by atoms with van der Waals surface area (Å²) in [6.07, 6.45) is -4.92. The summed E-state index contributed by atoms with van der Waals surface area (Å²) >= 11 is 0. The Kier molecular flexibility index (Phi) is 3.20. The summed E-state index contributed by atoms with van der Waals surface area (Å²) in [5.74, 6) is -0.855. The zero-order chi connectivity index (χ0) is 12.3. The minimum Gasteiger partial charge on any atom is -0.394 e. The molecule has 0 saturated carbocycles. The van der Waals surface area contributed by atoms with E-state index in [1.165, 1.54) is 6.07 Å². The second-order valence-electron chi connectivity index (χ2n) is 2.75. The first-order chi connectivity index (χ1) is 7.37. The number of rotatable bonds is 2. The molecule has 1 aromatic heterocycles. The van der Waals surface area contributed by atoms with Crippen LogP contribution in [-0.2, 0) is 6.54 Å². The highest BCUT2D eigenvalue weighted by Gasteiger charge is 2.33. The molecule has 5 nitrogen and oxygen atoms in total. The van der Waals surface area contributed by atoms with Crippen molar-refractivity contribution >= 4 is 5.69 Å². The Morgan fingerprint density at radius 2 is 2.12 bits per heavy atom. The molecule has 0 aliphatic rings. The molecule has 1 heterocycles. The van der Waals surface area contributed by atoms with E-state index < -0.39 is 12.2 Å². The number of aromatic nitrogens is 1. The molecule has 0 atom stereocenters. The fourth-order valence-electron chi connectivity index (χ4n) is 0.996. The van der Waals surface area contributed by atoms with Gasteiger partial charge < -0.3 is 16.2 Å². The minimum absolute atomic E-state index is 0.114. The van der Waals surface area contributed by atoms with Crippen molar-refractivity contribution in [2.75, 3.05) is 5.73 Å². The van der Waals surface area contributed by atoms with E-state index in [1.807, 2.05) is 0 Å². The Labute approximate surface area is 88.4 Å². The van der Waals surface area contributed by atoms with Gasteiger partial charge in [-0.2, -0.15) is 5.26 Å². The molecule has 1 aromatic rings. The van der Waals surface area contributed by atoms with Gasteiger partial charge in [-0.3, -0.25) is 0 Å². The van der Waals surface area contributed by atoms with Gasteiger partial charge in [0.15, 0.2) is 0 Å². The minimum atomic E-state index is -4.92. The van der Waals surface area contributed by atoms with Gasteiger partial charge in [0.25, 0.3) is 0 Å². The molecule has 0 spiro atoms. The van der Waals surface area contributed by atoms with E-state index in [-0.39, 0.29) is 23.5 Å². The summed E-state index contributed by atoms with van der Waals surface area (Å²) in [5, 5.41) is 8.54. The number of hydrogen-bond acceptors (Lipinski definition) is 5. The van der Waals surface area contributed by atoms with Gasteiger partial charge in [0, 0.05) is 6.54 Å². The summed E-state index contributed by atoms with van der Waals surface area (Å²) in [4.78, 5) is 3.30. The van der Waals surface area contributed by atoms with Crippen LogP contribution in [0.25, 0.3) is 0 Å². The molecule has 0 radical (unpaired) electrons. The standard InChI is InChI=1S/C8H7F3N4O/c9-8(10,11)16-7-6(14)4(2-12)1-5(3-13)15-7/h1H,2,12,14H2. The van der Waals surface area contributed by atoms with Gasteiger partial charge in [-0.25, -0.2) is 4.98 Å². The lowest BCUT2D eigenvalue weighted by atomic mass is 10.2. The highest BCUT2D eigenvalue weighted by Crippen LogP contribution is 2.29. The summed E-state index contributed by atoms with van der Waals surface area (Å²) in [6, 6.07) is 2.79. The third-order valence-electron chi connectivity index (χ3n) is 1.66. The number of hydrogen-bond donors (Lipinski definition) is 2. The second kappa shape index (κ2) is 4.24. The number of nitrogens with zero attached hydrogens (tertiary/aromatic N) is 2. The second-order valence-corrected chi connectivity index (χ2v) is 2.75. The van der Waals surface area contributed by atoms with E-state index in [9.17, 15) is 13.2 Å². The smallest absolute Gasteiger partial charge is 0.394 e. The van der Waals surface area contributed by atoms with Gasteiger partial charge in [-0.05, 0) is 11.6 Å². The lowest BCUT2D eigenvalue weighted by Gasteiger charge is -2.12. The molecule has 1 rings (SSSR count). The Bertz CT molecular complexity index is 438. The predicted octanol–water partition coefficient (Wildman–Crippen LogP) is 0.893. The van der Waals surface area contributed by atoms with Crippen LogP contribution >= 0.6 is 0 Å². The van der Waals surface area contributed by atoms with Crippen molar-refractivity contribution in [3.63, 3.8) is 0 Å². The topological polar surface area (TPSA) is 98.0 Å². The molecule has 0 saturated heterocycles. The Balaban J connectivity index is 3.23. The van der Waals surface area contributed by atoms with Gasteiger partial charge in [0.05, 0.1) is 5.69 Å². The number of ether oxygens (including phenoxy) is 1. The van der Waals surface area contributed by atoms with E-state index in [2.05, 4.69) is 9.72 Å². The molecule has 0 unspecified atom stereocenters. The van der Waals surface area contributed by atoms with E-state index >= 15 is 0 Å². The van der Waals surface area contributed by atoms with Crippen LogP contribution in [0.3, 0.4) is 0 Å². The summed E-state index contributed by atoms with van der Waals surface area (Å²) in [5.41, 5.74) is 10.2. The van der Waals surface area contributed by atoms with Crippen molar-refractivity contribution in [3.05, 3.63) is 17.3 Å². The van der Waals surface area contributed by atoms with Crippen LogP contribution in [0, 0.1) is 11.3 Å². The van der Waals surface area contributed by atoms with Crippen LogP contribution < -0.4 is 16.2 Å². The maximum atomic E-state index is 12.0. The lowest BCUT2D eigenvalue weighted by molar-refractivity contribution is -0.275. The average molecular weight is 232 g/mol. The highest BCUT2D eigenvalue weighted by molar-refractivity contribution is 5.57. The highest BCUT2D eigenvalue weighted by atomic mass is 19.4. The zero-order valence-corrected chi connectivity index (χ0v) is 7.88. The summed E-state index contributed by atoms with van der Waals surface area (Å²) < 4.78 is 39.5. The fourth-order valence-corrected chi connectivity index (χ4v) is 0.996. The Hall–Kier alpha value is -2.01. The molecule has 0 aliphatic carbocycles. The molecule has 86 valence electrons. The molecule has 0 fully saturated rings. The number of pyridine rings is 1. The van der Waals surface area contributed by atoms with Crippen LogP contribution in [0.5, 0.6) is 5.88 Å². The molecule has 0 amide bonds. The molecule has 16 heavy (non-hydrogen) atoms. The van der Waals surface area contributed by atoms with Gasteiger partial charge in [-0.1, -0.05) is 0 Å². The molecule has 4 N–H and O–H groups in total. The van der Waals surface area contributed by atoms with Gasteiger partial charge in [0.2, 0.25) is 5.88 Å². The molecule has 8 heteroatoms. The lowest BCUT2D eigenvalue weighted by Crippen LogP contribution is -2.20. The van der Waals surface area contributed by atoms with E-state index in [0.29, 0.717) is 0 Å². The molecule has 0 aliphatic heterocycles. The SMILES string of the molecule is N#Cc1cc(CN)c(N)c(OC(F)(F)F)n1. The quantitative estimate of drug-likeness (QED) is 0.789. The van der Waals surface area contributed by atoms with Crippen LogP contribution in [-0.4, -0.2) is 11.3 Å². The van der Waals surface area contributed by atoms with Crippen molar-refractivity contribution in [3.8, 4) is 11.9 Å². The van der Waals surface area contributed by atoms with Crippen LogP contribution in [0.1, 0.15) is 11.3 Å². The maximum Gasteiger partial charge on any atom is 0.574 e. The van der Waals surface area contributed by atoms with E-state index in [4.69, 9.17) is 16.7 Å². The maximum absolute atomic E-state index is 12.0. The third-order valence-corrected chi connectivity index (χ3v) is 1.66. The number of nitriles is 1. The number of nitrogens with two attached hydrogens (primary N) is 2. The zero-order valence-electron chi connectivity index (χ0n) is 7.88. The summed E-state index contributed by atoms with van der Waals surface area (Å²) in [6.45, 7) is -0.114. The number of halogens is 3.